The van der Waals surface area contributed by atoms with Gasteiger partial charge in [-0.25, -0.2) is 8.42 Å². The van der Waals surface area contributed by atoms with Crippen LogP contribution < -0.4 is 10.2 Å². The first-order chi connectivity index (χ1) is 16.3. The Kier molecular flexibility index (Phi) is 8.19. The maximum Gasteiger partial charge on any atom is 0.243 e. The molecule has 0 aromatic heterocycles. The number of carbonyl (C=O) groups excluding carboxylic acids is 2. The summed E-state index contributed by atoms with van der Waals surface area (Å²) in [5.41, 5.74) is 0.476. The van der Waals surface area contributed by atoms with Crippen molar-refractivity contribution < 1.29 is 22.7 Å². The van der Waals surface area contributed by atoms with E-state index >= 15 is 0 Å². The third-order valence-corrected chi connectivity index (χ3v) is 9.79. The van der Waals surface area contributed by atoms with Crippen LogP contribution >= 0.6 is 11.8 Å². The lowest BCUT2D eigenvalue weighted by Crippen LogP contribution is -2.49. The molecule has 2 saturated heterocycles. The van der Waals surface area contributed by atoms with Crippen molar-refractivity contribution in [1.29, 1.82) is 0 Å². The monoisotopic (exact) mass is 510 g/mol. The van der Waals surface area contributed by atoms with Crippen LogP contribution in [0.1, 0.15) is 33.1 Å². The number of rotatable bonds is 7. The first kappa shape index (κ1) is 25.4. The first-order valence-corrected chi connectivity index (χ1v) is 14.4. The van der Waals surface area contributed by atoms with Gasteiger partial charge in [0.2, 0.25) is 21.8 Å². The molecule has 188 valence electrons. The molecule has 2 fully saturated rings. The van der Waals surface area contributed by atoms with E-state index in [0.29, 0.717) is 50.6 Å². The van der Waals surface area contributed by atoms with E-state index in [0.717, 1.165) is 11.4 Å². The minimum atomic E-state index is -3.70. The Morgan fingerprint density at radius 2 is 1.88 bits per heavy atom. The molecule has 2 amide bonds. The minimum absolute atomic E-state index is 0.126. The number of hydrogen-bond acceptors (Lipinski definition) is 7. The number of amides is 2. The normalized spacial score (nSPS) is 24.6. The summed E-state index contributed by atoms with van der Waals surface area (Å²) in [6.07, 6.45) is 3.58. The molecule has 1 aromatic rings. The SMILES string of the molecule is CC1CCCC(C)N1CCNC(=O)CN1C(=O)CSc2ccc(S(=O)(=O)N3CCOCC3)cc21. The Balaban J connectivity index is 1.43. The summed E-state index contributed by atoms with van der Waals surface area (Å²) in [6, 6.07) is 5.82. The van der Waals surface area contributed by atoms with E-state index in [1.807, 2.05) is 0 Å². The van der Waals surface area contributed by atoms with Crippen LogP contribution in [0.2, 0.25) is 0 Å². The van der Waals surface area contributed by atoms with Crippen molar-refractivity contribution >= 4 is 39.3 Å². The highest BCUT2D eigenvalue weighted by molar-refractivity contribution is 8.00. The highest BCUT2D eigenvalue weighted by atomic mass is 32.2. The van der Waals surface area contributed by atoms with Crippen LogP contribution in [0.5, 0.6) is 0 Å². The van der Waals surface area contributed by atoms with Gasteiger partial charge in [0.15, 0.2) is 0 Å². The lowest BCUT2D eigenvalue weighted by atomic mass is 9.98. The molecule has 34 heavy (non-hydrogen) atoms. The number of morpholine rings is 1. The minimum Gasteiger partial charge on any atom is -0.379 e. The van der Waals surface area contributed by atoms with Gasteiger partial charge >= 0.3 is 0 Å². The van der Waals surface area contributed by atoms with Gasteiger partial charge in [0.1, 0.15) is 6.54 Å². The molecule has 9 nitrogen and oxygen atoms in total. The smallest absolute Gasteiger partial charge is 0.243 e. The lowest BCUT2D eigenvalue weighted by molar-refractivity contribution is -0.123. The van der Waals surface area contributed by atoms with Gasteiger partial charge in [0.25, 0.3) is 0 Å². The predicted molar refractivity (Wildman–Crippen MR) is 132 cm³/mol. The summed E-state index contributed by atoms with van der Waals surface area (Å²) in [6.45, 7) is 6.93. The Morgan fingerprint density at radius 1 is 1.18 bits per heavy atom. The van der Waals surface area contributed by atoms with Crippen molar-refractivity contribution in [2.45, 2.75) is 55.0 Å². The maximum absolute atomic E-state index is 13.1. The molecular weight excluding hydrogens is 476 g/mol. The average molecular weight is 511 g/mol. The summed E-state index contributed by atoms with van der Waals surface area (Å²) in [4.78, 5) is 30.2. The number of fused-ring (bicyclic) bond motifs is 1. The second-order valence-corrected chi connectivity index (χ2v) is 12.1. The molecule has 11 heteroatoms. The summed E-state index contributed by atoms with van der Waals surface area (Å²) in [7, 11) is -3.70. The molecule has 1 aromatic carbocycles. The molecule has 4 rings (SSSR count). The first-order valence-electron chi connectivity index (χ1n) is 11.9. The second-order valence-electron chi connectivity index (χ2n) is 9.13. The van der Waals surface area contributed by atoms with Gasteiger partial charge in [-0.1, -0.05) is 6.42 Å². The van der Waals surface area contributed by atoms with Gasteiger partial charge in [-0.2, -0.15) is 4.31 Å². The molecule has 3 aliphatic rings. The molecule has 3 heterocycles. The third-order valence-electron chi connectivity index (χ3n) is 6.85. The predicted octanol–water partition coefficient (Wildman–Crippen LogP) is 1.53. The van der Waals surface area contributed by atoms with E-state index in [1.54, 1.807) is 12.1 Å². The molecule has 0 radical (unpaired) electrons. The fourth-order valence-electron chi connectivity index (χ4n) is 4.89. The van der Waals surface area contributed by atoms with E-state index < -0.39 is 10.0 Å². The summed E-state index contributed by atoms with van der Waals surface area (Å²) in [5.74, 6) is -0.227. The average Bonchev–Trinajstić information content (AvgIpc) is 2.83. The second kappa shape index (κ2) is 10.9. The number of nitrogens with one attached hydrogen (secondary N) is 1. The summed E-state index contributed by atoms with van der Waals surface area (Å²) >= 11 is 1.36. The van der Waals surface area contributed by atoms with Gasteiger partial charge in [0, 0.05) is 43.2 Å². The molecule has 1 N–H and O–H groups in total. The van der Waals surface area contributed by atoms with Gasteiger partial charge in [-0.15, -0.1) is 11.8 Å². The number of nitrogens with zero attached hydrogens (tertiary/aromatic N) is 3. The number of likely N-dealkylation sites (tertiary alicyclic amines) is 1. The number of sulfonamides is 1. The number of benzene rings is 1. The molecular formula is C23H34N4O5S2. The molecule has 2 unspecified atom stereocenters. The highest BCUT2D eigenvalue weighted by Gasteiger charge is 2.31. The van der Waals surface area contributed by atoms with Crippen molar-refractivity contribution in [1.82, 2.24) is 14.5 Å². The zero-order valence-corrected chi connectivity index (χ0v) is 21.5. The van der Waals surface area contributed by atoms with E-state index in [-0.39, 0.29) is 29.0 Å². The van der Waals surface area contributed by atoms with Crippen LogP contribution in [0.25, 0.3) is 0 Å². The van der Waals surface area contributed by atoms with Gasteiger partial charge in [-0.05, 0) is 44.9 Å². The van der Waals surface area contributed by atoms with E-state index in [4.69, 9.17) is 4.74 Å². The summed E-state index contributed by atoms with van der Waals surface area (Å²) < 4.78 is 32.9. The van der Waals surface area contributed by atoms with Crippen LogP contribution in [-0.2, 0) is 24.3 Å². The number of carbonyl (C=O) groups is 2. The fourth-order valence-corrected chi connectivity index (χ4v) is 7.24. The lowest BCUT2D eigenvalue weighted by Gasteiger charge is -2.39. The van der Waals surface area contributed by atoms with Gasteiger partial charge in [-0.3, -0.25) is 14.5 Å². The van der Waals surface area contributed by atoms with Gasteiger partial charge in [0.05, 0.1) is 29.5 Å². The van der Waals surface area contributed by atoms with Crippen molar-refractivity contribution in [3.63, 3.8) is 0 Å². The van der Waals surface area contributed by atoms with E-state index in [1.165, 1.54) is 46.3 Å². The Morgan fingerprint density at radius 3 is 2.59 bits per heavy atom. The standard InChI is InChI=1S/C23H34N4O5S2/c1-17-4-3-5-18(2)26(17)9-8-24-22(28)15-27-20-14-19(6-7-21(20)33-16-23(27)29)34(30,31)25-10-12-32-13-11-25/h6-7,14,17-18H,3-5,8-13,15-16H2,1-2H3,(H,24,28). The third kappa shape index (κ3) is 5.59. The fraction of sp³-hybridized carbons (Fsp3) is 0.652. The topological polar surface area (TPSA) is 99.3 Å². The molecule has 0 spiro atoms. The van der Waals surface area contributed by atoms with Crippen LogP contribution in [0.3, 0.4) is 0 Å². The Labute approximate surface area is 206 Å². The van der Waals surface area contributed by atoms with Crippen molar-refractivity contribution in [3.8, 4) is 0 Å². The van der Waals surface area contributed by atoms with Crippen LogP contribution in [0, 0.1) is 0 Å². The number of thioether (sulfide) groups is 1. The molecule has 0 saturated carbocycles. The van der Waals surface area contributed by atoms with E-state index in [2.05, 4.69) is 24.1 Å². The van der Waals surface area contributed by atoms with Crippen molar-refractivity contribution in [2.75, 3.05) is 56.6 Å². The Hall–Kier alpha value is -1.66. The number of anilines is 1. The van der Waals surface area contributed by atoms with Crippen molar-refractivity contribution in [3.05, 3.63) is 18.2 Å². The quantitative estimate of drug-likeness (QED) is 0.594. The van der Waals surface area contributed by atoms with Crippen LogP contribution in [0.15, 0.2) is 28.0 Å². The van der Waals surface area contributed by atoms with Gasteiger partial charge < -0.3 is 15.0 Å². The maximum atomic E-state index is 13.1. The van der Waals surface area contributed by atoms with Crippen LogP contribution in [0.4, 0.5) is 5.69 Å². The highest BCUT2D eigenvalue weighted by Crippen LogP contribution is 2.37. The zero-order chi connectivity index (χ0) is 24.3. The number of ether oxygens (including phenoxy) is 1. The van der Waals surface area contributed by atoms with Crippen molar-refractivity contribution in [2.24, 2.45) is 0 Å². The summed E-state index contributed by atoms with van der Waals surface area (Å²) in [5, 5.41) is 2.94. The molecule has 0 bridgehead atoms. The zero-order valence-electron chi connectivity index (χ0n) is 19.9. The largest absolute Gasteiger partial charge is 0.379 e. The Bertz CT molecular complexity index is 1000. The number of piperidine rings is 1. The van der Waals surface area contributed by atoms with Crippen LogP contribution in [-0.4, -0.2) is 93.2 Å². The molecule has 2 atom stereocenters. The van der Waals surface area contributed by atoms with E-state index in [9.17, 15) is 18.0 Å². The number of hydrogen-bond donors (Lipinski definition) is 1. The molecule has 3 aliphatic heterocycles. The molecule has 0 aliphatic carbocycles.